The highest BCUT2D eigenvalue weighted by molar-refractivity contribution is 5.92. The van der Waals surface area contributed by atoms with Gasteiger partial charge in [0, 0.05) is 43.4 Å². The highest BCUT2D eigenvalue weighted by Crippen LogP contribution is 2.46. The molecule has 0 unspecified atom stereocenters. The number of methoxy groups -OCH3 is 1. The summed E-state index contributed by atoms with van der Waals surface area (Å²) < 4.78 is 5.68. The molecule has 0 bridgehead atoms. The zero-order chi connectivity index (χ0) is 15.7. The van der Waals surface area contributed by atoms with Crippen molar-refractivity contribution >= 4 is 5.91 Å². The van der Waals surface area contributed by atoms with E-state index >= 15 is 0 Å². The molecule has 22 heavy (non-hydrogen) atoms. The van der Waals surface area contributed by atoms with Crippen LogP contribution in [0.15, 0.2) is 16.9 Å². The Balaban J connectivity index is 1.82. The van der Waals surface area contributed by atoms with Crippen molar-refractivity contribution in [3.05, 3.63) is 33.7 Å². The number of carbonyl (C=O) groups is 1. The van der Waals surface area contributed by atoms with E-state index in [1.165, 1.54) is 18.6 Å². The summed E-state index contributed by atoms with van der Waals surface area (Å²) in [6.45, 7) is 3.29. The van der Waals surface area contributed by atoms with Gasteiger partial charge in [0.05, 0.1) is 6.10 Å². The third-order valence-electron chi connectivity index (χ3n) is 5.21. The number of rotatable bonds is 2. The van der Waals surface area contributed by atoms with E-state index in [-0.39, 0.29) is 22.9 Å². The molecular weight excluding hydrogens is 280 g/mol. The van der Waals surface area contributed by atoms with Crippen LogP contribution in [0.5, 0.6) is 0 Å². The van der Waals surface area contributed by atoms with E-state index in [2.05, 4.69) is 4.98 Å². The number of nitrogens with zero attached hydrogens (tertiary/aromatic N) is 1. The van der Waals surface area contributed by atoms with Crippen molar-refractivity contribution in [2.75, 3.05) is 20.2 Å². The van der Waals surface area contributed by atoms with Crippen LogP contribution in [0.25, 0.3) is 0 Å². The number of aromatic nitrogens is 1. The highest BCUT2D eigenvalue weighted by atomic mass is 16.5. The van der Waals surface area contributed by atoms with E-state index in [1.807, 2.05) is 4.90 Å². The molecule has 120 valence electrons. The fraction of sp³-hybridized carbons (Fsp3) is 0.647. The molecule has 0 aromatic carbocycles. The summed E-state index contributed by atoms with van der Waals surface area (Å²) in [7, 11) is 1.77. The molecule has 1 N–H and O–H groups in total. The zero-order valence-corrected chi connectivity index (χ0v) is 13.4. The third-order valence-corrected chi connectivity index (χ3v) is 5.21. The van der Waals surface area contributed by atoms with Crippen molar-refractivity contribution in [1.29, 1.82) is 0 Å². The minimum Gasteiger partial charge on any atom is -0.381 e. The summed E-state index contributed by atoms with van der Waals surface area (Å²) in [5.74, 6) is -0.0679. The van der Waals surface area contributed by atoms with Crippen LogP contribution in [0.2, 0.25) is 0 Å². The Labute approximate surface area is 130 Å². The maximum atomic E-state index is 12.8. The van der Waals surface area contributed by atoms with Crippen molar-refractivity contribution in [1.82, 2.24) is 9.88 Å². The number of nitrogens with one attached hydrogen (secondary N) is 1. The molecule has 2 heterocycles. The lowest BCUT2D eigenvalue weighted by Crippen LogP contribution is -2.50. The van der Waals surface area contributed by atoms with E-state index in [1.54, 1.807) is 14.0 Å². The van der Waals surface area contributed by atoms with Crippen molar-refractivity contribution in [3.63, 3.8) is 0 Å². The Morgan fingerprint density at radius 3 is 2.86 bits per heavy atom. The Bertz CT molecular complexity index is 625. The van der Waals surface area contributed by atoms with Crippen LogP contribution in [-0.2, 0) is 4.74 Å². The van der Waals surface area contributed by atoms with Gasteiger partial charge in [-0.3, -0.25) is 9.59 Å². The second kappa shape index (κ2) is 5.88. The Hall–Kier alpha value is -1.62. The molecule has 3 rings (SSSR count). The van der Waals surface area contributed by atoms with Gasteiger partial charge >= 0.3 is 0 Å². The lowest BCUT2D eigenvalue weighted by Gasteiger charge is -2.43. The van der Waals surface area contributed by atoms with Gasteiger partial charge in [0.25, 0.3) is 5.91 Å². The van der Waals surface area contributed by atoms with Crippen LogP contribution in [0.3, 0.4) is 0 Å². The zero-order valence-electron chi connectivity index (χ0n) is 13.4. The first-order valence-electron chi connectivity index (χ1n) is 8.07. The first-order valence-corrected chi connectivity index (χ1v) is 8.07. The molecule has 2 fully saturated rings. The van der Waals surface area contributed by atoms with Gasteiger partial charge in [-0.25, -0.2) is 0 Å². The molecular formula is C17H24N2O3. The van der Waals surface area contributed by atoms with Crippen LogP contribution in [-0.4, -0.2) is 42.1 Å². The van der Waals surface area contributed by atoms with Gasteiger partial charge in [0.1, 0.15) is 5.69 Å². The van der Waals surface area contributed by atoms with Crippen molar-refractivity contribution in [3.8, 4) is 0 Å². The largest absolute Gasteiger partial charge is 0.381 e. The van der Waals surface area contributed by atoms with Gasteiger partial charge in [0.15, 0.2) is 5.43 Å². The lowest BCUT2D eigenvalue weighted by molar-refractivity contribution is -0.0296. The Morgan fingerprint density at radius 2 is 2.14 bits per heavy atom. The van der Waals surface area contributed by atoms with E-state index < -0.39 is 0 Å². The number of amides is 1. The number of hydrogen-bond donors (Lipinski definition) is 1. The van der Waals surface area contributed by atoms with Crippen molar-refractivity contribution < 1.29 is 9.53 Å². The minimum atomic E-state index is -0.123. The van der Waals surface area contributed by atoms with Crippen LogP contribution in [0.1, 0.15) is 48.3 Å². The number of aryl methyl sites for hydroxylation is 1. The molecule has 1 aromatic heterocycles. The Kier molecular flexibility index (Phi) is 4.08. The van der Waals surface area contributed by atoms with E-state index in [4.69, 9.17) is 4.74 Å². The molecule has 5 nitrogen and oxygen atoms in total. The molecule has 2 aliphatic rings. The van der Waals surface area contributed by atoms with Gasteiger partial charge in [0.2, 0.25) is 0 Å². The lowest BCUT2D eigenvalue weighted by atomic mass is 9.76. The van der Waals surface area contributed by atoms with E-state index in [0.717, 1.165) is 44.5 Å². The number of piperidine rings is 1. The van der Waals surface area contributed by atoms with Crippen LogP contribution in [0, 0.1) is 12.3 Å². The SMILES string of the molecule is CO[C@@H]1CCC[C@]12CCCN(C(=O)c1cc(=O)cc(C)[nH]1)C2. The Morgan fingerprint density at radius 1 is 1.36 bits per heavy atom. The summed E-state index contributed by atoms with van der Waals surface area (Å²) in [4.78, 5) is 29.3. The molecule has 2 atom stereocenters. The van der Waals surface area contributed by atoms with E-state index in [0.29, 0.717) is 5.69 Å². The molecule has 1 saturated heterocycles. The van der Waals surface area contributed by atoms with Crippen LogP contribution in [0.4, 0.5) is 0 Å². The number of aromatic amines is 1. The minimum absolute atomic E-state index is 0.0679. The third kappa shape index (κ3) is 2.70. The molecule has 1 saturated carbocycles. The molecule has 1 aromatic rings. The standard InChI is InChI=1S/C17H24N2O3/c1-12-9-13(20)10-14(18-12)16(21)19-8-4-7-17(11-19)6-3-5-15(17)22-2/h9-10,15H,3-8,11H2,1-2H3,(H,18,20)/t15-,17-/m1/s1. The van der Waals surface area contributed by atoms with Gasteiger partial charge in [-0.15, -0.1) is 0 Å². The fourth-order valence-corrected chi connectivity index (χ4v) is 4.24. The quantitative estimate of drug-likeness (QED) is 0.910. The van der Waals surface area contributed by atoms with Crippen molar-refractivity contribution in [2.24, 2.45) is 5.41 Å². The molecule has 1 aliphatic heterocycles. The smallest absolute Gasteiger partial charge is 0.270 e. The molecule has 1 amide bonds. The maximum absolute atomic E-state index is 12.8. The number of H-pyrrole nitrogens is 1. The number of likely N-dealkylation sites (tertiary alicyclic amines) is 1. The number of hydrogen-bond acceptors (Lipinski definition) is 3. The van der Waals surface area contributed by atoms with Gasteiger partial charge in [-0.05, 0) is 32.6 Å². The molecule has 0 radical (unpaired) electrons. The van der Waals surface area contributed by atoms with E-state index in [9.17, 15) is 9.59 Å². The second-order valence-electron chi connectivity index (χ2n) is 6.72. The molecule has 1 spiro atoms. The average Bonchev–Trinajstić information content (AvgIpc) is 2.87. The average molecular weight is 304 g/mol. The fourth-order valence-electron chi connectivity index (χ4n) is 4.24. The molecule has 1 aliphatic carbocycles. The highest BCUT2D eigenvalue weighted by Gasteiger charge is 2.46. The topological polar surface area (TPSA) is 62.4 Å². The predicted molar refractivity (Wildman–Crippen MR) is 84.0 cm³/mol. The first-order chi connectivity index (χ1) is 10.5. The number of ether oxygens (including phenoxy) is 1. The summed E-state index contributed by atoms with van der Waals surface area (Å²) in [5.41, 5.74) is 1.10. The second-order valence-corrected chi connectivity index (χ2v) is 6.72. The van der Waals surface area contributed by atoms with Crippen LogP contribution < -0.4 is 5.43 Å². The number of pyridine rings is 1. The first kappa shape index (κ1) is 15.3. The monoisotopic (exact) mass is 304 g/mol. The summed E-state index contributed by atoms with van der Waals surface area (Å²) >= 11 is 0. The predicted octanol–water partition coefficient (Wildman–Crippen LogP) is 2.10. The summed E-state index contributed by atoms with van der Waals surface area (Å²) in [5, 5.41) is 0. The summed E-state index contributed by atoms with van der Waals surface area (Å²) in [6, 6.07) is 2.91. The van der Waals surface area contributed by atoms with Gasteiger partial charge < -0.3 is 14.6 Å². The van der Waals surface area contributed by atoms with Gasteiger partial charge in [-0.1, -0.05) is 6.42 Å². The van der Waals surface area contributed by atoms with Crippen LogP contribution >= 0.6 is 0 Å². The maximum Gasteiger partial charge on any atom is 0.270 e. The normalized spacial score (nSPS) is 28.3. The summed E-state index contributed by atoms with van der Waals surface area (Å²) in [6.07, 6.45) is 5.75. The molecule has 5 heteroatoms. The number of carbonyl (C=O) groups excluding carboxylic acids is 1. The van der Waals surface area contributed by atoms with Gasteiger partial charge in [-0.2, -0.15) is 0 Å². The van der Waals surface area contributed by atoms with Crippen molar-refractivity contribution in [2.45, 2.75) is 45.1 Å².